The highest BCUT2D eigenvalue weighted by Crippen LogP contribution is 2.31. The number of alkyl halides is 2. The monoisotopic (exact) mass is 297 g/mol. The van der Waals surface area contributed by atoms with Crippen LogP contribution in [0.2, 0.25) is 0 Å². The number of hydrogen-bond acceptors (Lipinski definition) is 5. The Balaban J connectivity index is 3.52. The zero-order valence-electron chi connectivity index (χ0n) is 8.60. The quantitative estimate of drug-likeness (QED) is 0.853. The van der Waals surface area contributed by atoms with Crippen molar-refractivity contribution in [3.05, 3.63) is 23.3 Å². The Morgan fingerprint density at radius 3 is 2.50 bits per heavy atom. The van der Waals surface area contributed by atoms with Gasteiger partial charge < -0.3 is 9.84 Å². The van der Waals surface area contributed by atoms with Gasteiger partial charge >= 0.3 is 6.61 Å². The van der Waals surface area contributed by atoms with E-state index in [0.717, 1.165) is 12.1 Å². The Morgan fingerprint density at radius 1 is 1.50 bits per heavy atom. The van der Waals surface area contributed by atoms with Gasteiger partial charge in [-0.25, -0.2) is 8.42 Å². The summed E-state index contributed by atoms with van der Waals surface area (Å²) in [7, 11) is 0.711. The molecule has 9 heteroatoms. The minimum Gasteiger partial charge on any atom is -0.433 e. The number of ether oxygens (including phenoxy) is 1. The lowest BCUT2D eigenvalue weighted by atomic mass is 10.1. The van der Waals surface area contributed by atoms with Crippen LogP contribution in [0.3, 0.4) is 0 Å². The van der Waals surface area contributed by atoms with Crippen molar-refractivity contribution >= 4 is 19.7 Å². The van der Waals surface area contributed by atoms with Gasteiger partial charge in [0.2, 0.25) is 0 Å². The predicted molar refractivity (Wildman–Crippen MR) is 56.8 cm³/mol. The van der Waals surface area contributed by atoms with Crippen LogP contribution < -0.4 is 4.74 Å². The Morgan fingerprint density at radius 2 is 2.11 bits per heavy atom. The number of benzene rings is 1. The predicted octanol–water partition coefficient (Wildman–Crippen LogP) is 1.58. The maximum Gasteiger partial charge on any atom is 0.387 e. The molecule has 1 aromatic rings. The van der Waals surface area contributed by atoms with Crippen molar-refractivity contribution in [3.8, 4) is 11.8 Å². The third-order valence-corrected chi connectivity index (χ3v) is 3.28. The molecule has 98 valence electrons. The molecule has 5 nitrogen and oxygen atoms in total. The fourth-order valence-electron chi connectivity index (χ4n) is 1.22. The van der Waals surface area contributed by atoms with Gasteiger partial charge in [0, 0.05) is 10.7 Å². The Hall–Kier alpha value is -1.43. The molecule has 0 saturated carbocycles. The van der Waals surface area contributed by atoms with E-state index in [2.05, 4.69) is 4.74 Å². The van der Waals surface area contributed by atoms with Crippen LogP contribution in [-0.2, 0) is 15.7 Å². The number of aliphatic hydroxyl groups is 1. The summed E-state index contributed by atoms with van der Waals surface area (Å²) in [6.45, 7) is -3.91. The zero-order valence-corrected chi connectivity index (χ0v) is 10.2. The SMILES string of the molecule is N#Cc1cc(OC(F)F)c(S(=O)(=O)Cl)cc1CO. The molecule has 0 atom stereocenters. The lowest BCUT2D eigenvalue weighted by Gasteiger charge is -2.11. The molecule has 0 unspecified atom stereocenters. The van der Waals surface area contributed by atoms with Crippen LogP contribution in [0.5, 0.6) is 5.75 Å². The molecule has 0 aliphatic rings. The molecule has 0 saturated heterocycles. The van der Waals surface area contributed by atoms with E-state index in [-0.39, 0.29) is 11.1 Å². The van der Waals surface area contributed by atoms with Crippen molar-refractivity contribution in [2.75, 3.05) is 0 Å². The first-order valence-electron chi connectivity index (χ1n) is 4.37. The van der Waals surface area contributed by atoms with Crippen molar-refractivity contribution < 1.29 is 27.0 Å². The summed E-state index contributed by atoms with van der Waals surface area (Å²) in [6.07, 6.45) is 0. The molecule has 0 aliphatic carbocycles. The van der Waals surface area contributed by atoms with E-state index in [1.54, 1.807) is 6.07 Å². The first-order chi connectivity index (χ1) is 8.29. The number of nitriles is 1. The second-order valence-corrected chi connectivity index (χ2v) is 5.58. The summed E-state index contributed by atoms with van der Waals surface area (Å²) >= 11 is 0. The smallest absolute Gasteiger partial charge is 0.387 e. The standard InChI is InChI=1S/C9H6ClF2NO4S/c10-18(15,16)8-2-6(4-14)5(3-13)1-7(8)17-9(11)12/h1-2,9,14H,4H2. The molecular weight excluding hydrogens is 292 g/mol. The van der Waals surface area contributed by atoms with Crippen molar-refractivity contribution in [1.29, 1.82) is 5.26 Å². The Labute approximate surface area is 106 Å². The van der Waals surface area contributed by atoms with Crippen LogP contribution in [0.15, 0.2) is 17.0 Å². The number of hydrogen-bond donors (Lipinski definition) is 1. The fraction of sp³-hybridized carbons (Fsp3) is 0.222. The molecule has 1 aromatic carbocycles. The summed E-state index contributed by atoms with van der Waals surface area (Å²) in [5.41, 5.74) is -0.240. The lowest BCUT2D eigenvalue weighted by molar-refractivity contribution is -0.0517. The highest BCUT2D eigenvalue weighted by atomic mass is 35.7. The molecule has 0 aliphatic heterocycles. The van der Waals surface area contributed by atoms with E-state index in [9.17, 15) is 17.2 Å². The fourth-order valence-corrected chi connectivity index (χ4v) is 2.21. The molecule has 0 heterocycles. The van der Waals surface area contributed by atoms with Crippen molar-refractivity contribution in [3.63, 3.8) is 0 Å². The molecule has 0 radical (unpaired) electrons. The lowest BCUT2D eigenvalue weighted by Crippen LogP contribution is -2.07. The highest BCUT2D eigenvalue weighted by molar-refractivity contribution is 8.13. The first-order valence-corrected chi connectivity index (χ1v) is 6.68. The first kappa shape index (κ1) is 14.6. The topological polar surface area (TPSA) is 87.4 Å². The Kier molecular flexibility index (Phi) is 4.45. The highest BCUT2D eigenvalue weighted by Gasteiger charge is 2.22. The summed E-state index contributed by atoms with van der Waals surface area (Å²) < 4.78 is 50.6. The van der Waals surface area contributed by atoms with Gasteiger partial charge in [-0.1, -0.05) is 0 Å². The molecule has 0 spiro atoms. The van der Waals surface area contributed by atoms with E-state index >= 15 is 0 Å². The number of nitrogens with zero attached hydrogens (tertiary/aromatic N) is 1. The second kappa shape index (κ2) is 5.48. The maximum atomic E-state index is 12.1. The van der Waals surface area contributed by atoms with E-state index in [4.69, 9.17) is 21.1 Å². The largest absolute Gasteiger partial charge is 0.433 e. The molecule has 1 rings (SSSR count). The van der Waals surface area contributed by atoms with E-state index < -0.39 is 32.9 Å². The van der Waals surface area contributed by atoms with Crippen molar-refractivity contribution in [1.82, 2.24) is 0 Å². The summed E-state index contributed by atoms with van der Waals surface area (Å²) in [6, 6.07) is 3.22. The van der Waals surface area contributed by atoms with Gasteiger partial charge in [-0.3, -0.25) is 0 Å². The molecule has 18 heavy (non-hydrogen) atoms. The van der Waals surface area contributed by atoms with Gasteiger partial charge in [0.1, 0.15) is 10.6 Å². The molecule has 0 aromatic heterocycles. The molecule has 0 fully saturated rings. The van der Waals surface area contributed by atoms with Gasteiger partial charge in [0.25, 0.3) is 9.05 Å². The minimum atomic E-state index is -4.34. The van der Waals surface area contributed by atoms with Crippen LogP contribution in [-0.4, -0.2) is 20.1 Å². The number of aliphatic hydroxyl groups excluding tert-OH is 1. The van der Waals surface area contributed by atoms with Gasteiger partial charge in [-0.15, -0.1) is 0 Å². The minimum absolute atomic E-state index is 0.0571. The van der Waals surface area contributed by atoms with Crippen LogP contribution in [0.25, 0.3) is 0 Å². The second-order valence-electron chi connectivity index (χ2n) is 3.04. The van der Waals surface area contributed by atoms with Gasteiger partial charge in [0.15, 0.2) is 0 Å². The summed E-state index contributed by atoms with van der Waals surface area (Å²) in [5, 5.41) is 17.6. The van der Waals surface area contributed by atoms with Crippen LogP contribution in [0, 0.1) is 11.3 Å². The molecule has 1 N–H and O–H groups in total. The molecular formula is C9H6ClF2NO4S. The Bertz CT molecular complexity index is 597. The van der Waals surface area contributed by atoms with Crippen LogP contribution in [0.1, 0.15) is 11.1 Å². The van der Waals surface area contributed by atoms with E-state index in [0.29, 0.717) is 0 Å². The van der Waals surface area contributed by atoms with Crippen molar-refractivity contribution in [2.24, 2.45) is 0 Å². The van der Waals surface area contributed by atoms with Gasteiger partial charge in [0.05, 0.1) is 18.2 Å². The molecule has 0 amide bonds. The average Bonchev–Trinajstić information content (AvgIpc) is 2.26. The van der Waals surface area contributed by atoms with Gasteiger partial charge in [-0.05, 0) is 17.7 Å². The third-order valence-electron chi connectivity index (χ3n) is 1.94. The maximum absolute atomic E-state index is 12.1. The van der Waals surface area contributed by atoms with Crippen molar-refractivity contribution in [2.45, 2.75) is 18.1 Å². The normalized spacial score (nSPS) is 11.3. The third kappa shape index (κ3) is 3.29. The van der Waals surface area contributed by atoms with Crippen LogP contribution in [0.4, 0.5) is 8.78 Å². The van der Waals surface area contributed by atoms with E-state index in [1.165, 1.54) is 0 Å². The summed E-state index contributed by atoms with van der Waals surface area (Å²) in [4.78, 5) is -0.729. The summed E-state index contributed by atoms with van der Waals surface area (Å²) in [5.74, 6) is -0.742. The number of rotatable bonds is 4. The number of halogens is 3. The average molecular weight is 298 g/mol. The van der Waals surface area contributed by atoms with E-state index in [1.807, 2.05) is 0 Å². The van der Waals surface area contributed by atoms with Gasteiger partial charge in [-0.2, -0.15) is 14.0 Å². The van der Waals surface area contributed by atoms with Crippen LogP contribution >= 0.6 is 10.7 Å². The zero-order chi connectivity index (χ0) is 13.9. The molecule has 0 bridgehead atoms.